The minimum Gasteiger partial charge on any atom is -0.457 e. The van der Waals surface area contributed by atoms with Crippen LogP contribution < -0.4 is 9.64 Å². The molecule has 1 aliphatic rings. The van der Waals surface area contributed by atoms with E-state index in [2.05, 4.69) is 26.0 Å². The Bertz CT molecular complexity index is 1360. The third kappa shape index (κ3) is 6.05. The van der Waals surface area contributed by atoms with Crippen molar-refractivity contribution in [2.24, 2.45) is 5.92 Å². The molecule has 1 saturated heterocycles. The maximum atomic E-state index is 12.6. The molecule has 0 bridgehead atoms. The zero-order chi connectivity index (χ0) is 27.4. The monoisotopic (exact) mass is 516 g/mol. The van der Waals surface area contributed by atoms with Gasteiger partial charge in [-0.15, -0.1) is 0 Å². The number of non-ortho nitro benzene ring substituents is 1. The number of nitro benzene ring substituents is 1. The van der Waals surface area contributed by atoms with Crippen molar-refractivity contribution in [3.8, 4) is 11.5 Å². The average molecular weight is 517 g/mol. The fourth-order valence-electron chi connectivity index (χ4n) is 4.25. The highest BCUT2D eigenvalue weighted by molar-refractivity contribution is 6.01. The predicted molar refractivity (Wildman–Crippen MR) is 141 cm³/mol. The number of carbonyl (C=O) groups excluding carboxylic acids is 3. The topological polar surface area (TPSA) is 116 Å². The van der Waals surface area contributed by atoms with Gasteiger partial charge in [-0.1, -0.05) is 26.0 Å². The largest absolute Gasteiger partial charge is 0.457 e. The van der Waals surface area contributed by atoms with Crippen LogP contribution in [-0.4, -0.2) is 35.7 Å². The molecular formula is C29H28N2O7. The highest BCUT2D eigenvalue weighted by Crippen LogP contribution is 2.33. The second kappa shape index (κ2) is 11.2. The second-order valence-electron chi connectivity index (χ2n) is 9.53. The molecule has 0 unspecified atom stereocenters. The molecule has 1 heterocycles. The third-order valence-corrected chi connectivity index (χ3v) is 6.37. The van der Waals surface area contributed by atoms with Gasteiger partial charge >= 0.3 is 5.97 Å². The minimum atomic E-state index is -0.705. The molecule has 0 saturated carbocycles. The van der Waals surface area contributed by atoms with E-state index in [9.17, 15) is 24.5 Å². The zero-order valence-electron chi connectivity index (χ0n) is 21.4. The zero-order valence-corrected chi connectivity index (χ0v) is 21.4. The van der Waals surface area contributed by atoms with E-state index in [4.69, 9.17) is 9.47 Å². The molecule has 1 fully saturated rings. The van der Waals surface area contributed by atoms with E-state index in [0.717, 1.165) is 16.9 Å². The number of nitrogens with zero attached hydrogens (tertiary/aromatic N) is 2. The maximum Gasteiger partial charge on any atom is 0.311 e. The number of Topliss-reactive ketones (excluding diaryl/α,β-unsaturated/α-hetero) is 1. The van der Waals surface area contributed by atoms with Gasteiger partial charge in [-0.2, -0.15) is 0 Å². The van der Waals surface area contributed by atoms with Gasteiger partial charge in [0.05, 0.1) is 10.8 Å². The van der Waals surface area contributed by atoms with Gasteiger partial charge in [0.25, 0.3) is 5.69 Å². The Morgan fingerprint density at radius 2 is 1.74 bits per heavy atom. The molecule has 9 heteroatoms. The van der Waals surface area contributed by atoms with Crippen molar-refractivity contribution in [1.29, 1.82) is 0 Å². The van der Waals surface area contributed by atoms with Crippen LogP contribution in [0, 0.1) is 23.0 Å². The maximum absolute atomic E-state index is 12.6. The SMILES string of the molecule is Cc1ccc(C(C)C)c(Oc2ccc(N3C[C@H](C(=O)OCC(=O)c4ccc([N+](=O)[O-])cc4)CC3=O)cc2)c1. The summed E-state index contributed by atoms with van der Waals surface area (Å²) >= 11 is 0. The van der Waals surface area contributed by atoms with Crippen molar-refractivity contribution in [1.82, 2.24) is 0 Å². The summed E-state index contributed by atoms with van der Waals surface area (Å²) in [6, 6.07) is 18.3. The van der Waals surface area contributed by atoms with Crippen LogP contribution in [0.2, 0.25) is 0 Å². The van der Waals surface area contributed by atoms with Crippen molar-refractivity contribution in [2.75, 3.05) is 18.1 Å². The first-order valence-corrected chi connectivity index (χ1v) is 12.3. The molecule has 0 radical (unpaired) electrons. The van der Waals surface area contributed by atoms with Crippen LogP contribution in [0.15, 0.2) is 66.7 Å². The van der Waals surface area contributed by atoms with E-state index >= 15 is 0 Å². The lowest BCUT2D eigenvalue weighted by Crippen LogP contribution is -2.27. The smallest absolute Gasteiger partial charge is 0.311 e. The fourth-order valence-corrected chi connectivity index (χ4v) is 4.25. The Morgan fingerprint density at radius 1 is 1.05 bits per heavy atom. The Kier molecular flexibility index (Phi) is 7.85. The average Bonchev–Trinajstić information content (AvgIpc) is 3.29. The number of carbonyl (C=O) groups is 3. The first-order valence-electron chi connectivity index (χ1n) is 12.3. The van der Waals surface area contributed by atoms with Crippen molar-refractivity contribution in [3.63, 3.8) is 0 Å². The normalized spacial score (nSPS) is 15.0. The summed E-state index contributed by atoms with van der Waals surface area (Å²) in [4.78, 5) is 49.2. The van der Waals surface area contributed by atoms with Gasteiger partial charge in [-0.25, -0.2) is 0 Å². The van der Waals surface area contributed by atoms with Gasteiger partial charge in [0.2, 0.25) is 5.91 Å². The molecule has 0 aromatic heterocycles. The van der Waals surface area contributed by atoms with Crippen molar-refractivity contribution in [3.05, 3.63) is 93.5 Å². The molecule has 4 rings (SSSR count). The number of ether oxygens (including phenoxy) is 2. The van der Waals surface area contributed by atoms with E-state index in [1.54, 1.807) is 24.3 Å². The number of hydrogen-bond donors (Lipinski definition) is 0. The van der Waals surface area contributed by atoms with Gasteiger partial charge in [0.1, 0.15) is 11.5 Å². The molecule has 38 heavy (non-hydrogen) atoms. The molecular weight excluding hydrogens is 488 g/mol. The van der Waals surface area contributed by atoms with E-state index in [1.807, 2.05) is 13.0 Å². The molecule has 0 spiro atoms. The van der Waals surface area contributed by atoms with Crippen LogP contribution in [-0.2, 0) is 14.3 Å². The lowest BCUT2D eigenvalue weighted by Gasteiger charge is -2.18. The molecule has 1 aliphatic heterocycles. The van der Waals surface area contributed by atoms with Gasteiger partial charge in [-0.3, -0.25) is 24.5 Å². The van der Waals surface area contributed by atoms with Gasteiger partial charge in [-0.05, 0) is 66.4 Å². The lowest BCUT2D eigenvalue weighted by atomic mass is 10.0. The van der Waals surface area contributed by atoms with Crippen molar-refractivity contribution < 1.29 is 28.8 Å². The number of esters is 1. The second-order valence-corrected chi connectivity index (χ2v) is 9.53. The lowest BCUT2D eigenvalue weighted by molar-refractivity contribution is -0.384. The van der Waals surface area contributed by atoms with Crippen LogP contribution >= 0.6 is 0 Å². The summed E-state index contributed by atoms with van der Waals surface area (Å²) < 4.78 is 11.3. The Balaban J connectivity index is 1.35. The number of hydrogen-bond acceptors (Lipinski definition) is 7. The quantitative estimate of drug-likeness (QED) is 0.157. The predicted octanol–water partition coefficient (Wildman–Crippen LogP) is 5.60. The Hall–Kier alpha value is -4.53. The fraction of sp³-hybridized carbons (Fsp3) is 0.276. The van der Waals surface area contributed by atoms with E-state index in [-0.39, 0.29) is 30.1 Å². The molecule has 196 valence electrons. The van der Waals surface area contributed by atoms with Crippen LogP contribution in [0.25, 0.3) is 0 Å². The molecule has 3 aromatic rings. The number of amides is 1. The molecule has 1 amide bonds. The summed E-state index contributed by atoms with van der Waals surface area (Å²) in [5.41, 5.74) is 2.88. The van der Waals surface area contributed by atoms with Gasteiger partial charge < -0.3 is 14.4 Å². The molecule has 0 N–H and O–H groups in total. The highest BCUT2D eigenvalue weighted by atomic mass is 16.6. The summed E-state index contributed by atoms with van der Waals surface area (Å²) in [6.07, 6.45) is -0.0240. The number of ketones is 1. The van der Waals surface area contributed by atoms with Crippen LogP contribution in [0.1, 0.15) is 47.7 Å². The first-order chi connectivity index (χ1) is 18.1. The molecule has 1 atom stereocenters. The van der Waals surface area contributed by atoms with E-state index < -0.39 is 29.2 Å². The first kappa shape index (κ1) is 26.5. The Morgan fingerprint density at radius 3 is 2.37 bits per heavy atom. The standard InChI is InChI=1S/C29H28N2O7/c1-18(2)25-13-4-19(3)14-27(25)38-24-11-9-22(10-12-24)30-16-21(15-28(30)33)29(34)37-17-26(32)20-5-7-23(8-6-20)31(35)36/h4-14,18,21H,15-17H2,1-3H3/t21-/m1/s1. The van der Waals surface area contributed by atoms with Crippen molar-refractivity contribution >= 4 is 29.0 Å². The summed E-state index contributed by atoms with van der Waals surface area (Å²) in [6.45, 7) is 5.84. The number of aryl methyl sites for hydroxylation is 1. The summed E-state index contributed by atoms with van der Waals surface area (Å²) in [7, 11) is 0. The number of anilines is 1. The van der Waals surface area contributed by atoms with Crippen LogP contribution in [0.3, 0.4) is 0 Å². The van der Waals surface area contributed by atoms with E-state index in [1.165, 1.54) is 29.2 Å². The van der Waals surface area contributed by atoms with Crippen LogP contribution in [0.4, 0.5) is 11.4 Å². The summed E-state index contributed by atoms with van der Waals surface area (Å²) in [5.74, 6) is -0.332. The van der Waals surface area contributed by atoms with Crippen LogP contribution in [0.5, 0.6) is 11.5 Å². The third-order valence-electron chi connectivity index (χ3n) is 6.37. The Labute approximate surface area is 220 Å². The number of rotatable bonds is 9. The molecule has 3 aromatic carbocycles. The number of benzene rings is 3. The van der Waals surface area contributed by atoms with Gasteiger partial charge in [0, 0.05) is 36.3 Å². The van der Waals surface area contributed by atoms with E-state index in [0.29, 0.717) is 17.4 Å². The highest BCUT2D eigenvalue weighted by Gasteiger charge is 2.36. The summed E-state index contributed by atoms with van der Waals surface area (Å²) in [5, 5.41) is 10.7. The van der Waals surface area contributed by atoms with Gasteiger partial charge in [0.15, 0.2) is 12.4 Å². The van der Waals surface area contributed by atoms with Crippen molar-refractivity contribution in [2.45, 2.75) is 33.1 Å². The number of nitro groups is 1. The minimum absolute atomic E-state index is 0.0240. The molecule has 0 aliphatic carbocycles. The molecule has 9 nitrogen and oxygen atoms in total.